The number of halogens is 1. The number of hydrogen-bond acceptors (Lipinski definition) is 2. The van der Waals surface area contributed by atoms with Gasteiger partial charge in [-0.15, -0.1) is 0 Å². The fraction of sp³-hybridized carbons (Fsp3) is 0.0588. The highest BCUT2D eigenvalue weighted by molar-refractivity contribution is 7.92. The maximum Gasteiger partial charge on any atom is 0.261 e. The van der Waals surface area contributed by atoms with Gasteiger partial charge in [-0.2, -0.15) is 0 Å². The Morgan fingerprint density at radius 1 is 0.864 bits per heavy atom. The summed E-state index contributed by atoms with van der Waals surface area (Å²) < 4.78 is 40.4. The largest absolute Gasteiger partial charge is 0.280 e. The van der Waals surface area contributed by atoms with E-state index in [1.54, 1.807) is 48.5 Å². The molecule has 3 rings (SSSR count). The molecule has 0 amide bonds. The first-order chi connectivity index (χ1) is 10.4. The van der Waals surface area contributed by atoms with Crippen molar-refractivity contribution in [1.29, 1.82) is 0 Å². The molecular formula is C17H14FNO2S. The predicted molar refractivity (Wildman–Crippen MR) is 85.9 cm³/mol. The molecule has 3 nitrogen and oxygen atoms in total. The van der Waals surface area contributed by atoms with Crippen LogP contribution in [0.15, 0.2) is 65.6 Å². The molecule has 0 aromatic heterocycles. The molecule has 0 radical (unpaired) electrons. The molecule has 0 bridgehead atoms. The first-order valence-corrected chi connectivity index (χ1v) is 8.21. The molecule has 0 aliphatic carbocycles. The number of sulfonamides is 1. The molecule has 112 valence electrons. The molecule has 3 aromatic carbocycles. The molecule has 22 heavy (non-hydrogen) atoms. The third-order valence-electron chi connectivity index (χ3n) is 3.39. The van der Waals surface area contributed by atoms with E-state index in [1.165, 1.54) is 12.1 Å². The van der Waals surface area contributed by atoms with Gasteiger partial charge in [-0.1, -0.05) is 29.8 Å². The van der Waals surface area contributed by atoms with E-state index in [1.807, 2.05) is 6.92 Å². The summed E-state index contributed by atoms with van der Waals surface area (Å²) in [6.45, 7) is 1.90. The summed E-state index contributed by atoms with van der Waals surface area (Å²) in [5.41, 5.74) is 1.44. The van der Waals surface area contributed by atoms with Crippen LogP contribution in [0.3, 0.4) is 0 Å². The molecule has 3 aromatic rings. The minimum absolute atomic E-state index is 0.206. The summed E-state index contributed by atoms with van der Waals surface area (Å²) in [4.78, 5) is 0.206. The Balaban J connectivity index is 1.95. The summed E-state index contributed by atoms with van der Waals surface area (Å²) >= 11 is 0. The van der Waals surface area contributed by atoms with Crippen molar-refractivity contribution in [3.63, 3.8) is 0 Å². The molecule has 0 spiro atoms. The predicted octanol–water partition coefficient (Wildman–Crippen LogP) is 4.09. The Labute approximate surface area is 128 Å². The standard InChI is InChI=1S/C17H14FNO2S/c1-12-2-8-17(9-3-12)22(20,21)19-16-7-5-13-10-15(18)6-4-14(13)11-16/h2-11,19H,1H3. The molecule has 0 unspecified atom stereocenters. The van der Waals surface area contributed by atoms with E-state index in [-0.39, 0.29) is 10.7 Å². The van der Waals surface area contributed by atoms with E-state index in [0.29, 0.717) is 5.69 Å². The fourth-order valence-corrected chi connectivity index (χ4v) is 3.26. The van der Waals surface area contributed by atoms with Crippen LogP contribution in [0.1, 0.15) is 5.56 Å². The Kier molecular flexibility index (Phi) is 3.58. The van der Waals surface area contributed by atoms with E-state index in [9.17, 15) is 12.8 Å². The van der Waals surface area contributed by atoms with E-state index in [4.69, 9.17) is 0 Å². The second kappa shape index (κ2) is 5.42. The molecule has 1 N–H and O–H groups in total. The molecule has 0 fully saturated rings. The summed E-state index contributed by atoms with van der Waals surface area (Å²) in [6, 6.07) is 16.0. The van der Waals surface area contributed by atoms with Gasteiger partial charge in [0, 0.05) is 5.69 Å². The lowest BCUT2D eigenvalue weighted by Gasteiger charge is -2.09. The lowest BCUT2D eigenvalue weighted by atomic mass is 10.1. The van der Waals surface area contributed by atoms with Gasteiger partial charge in [0.15, 0.2) is 0 Å². The van der Waals surface area contributed by atoms with Crippen molar-refractivity contribution in [3.8, 4) is 0 Å². The van der Waals surface area contributed by atoms with Gasteiger partial charge < -0.3 is 0 Å². The summed E-state index contributed by atoms with van der Waals surface area (Å²) in [7, 11) is -3.63. The van der Waals surface area contributed by atoms with Crippen LogP contribution in [-0.2, 0) is 10.0 Å². The number of hydrogen-bond donors (Lipinski definition) is 1. The monoisotopic (exact) mass is 315 g/mol. The molecule has 0 atom stereocenters. The van der Waals surface area contributed by atoms with Crippen molar-refractivity contribution >= 4 is 26.5 Å². The first kappa shape index (κ1) is 14.5. The zero-order chi connectivity index (χ0) is 15.7. The number of fused-ring (bicyclic) bond motifs is 1. The number of nitrogens with one attached hydrogen (secondary N) is 1. The maximum atomic E-state index is 13.2. The van der Waals surface area contributed by atoms with E-state index < -0.39 is 10.0 Å². The Morgan fingerprint density at radius 3 is 2.23 bits per heavy atom. The maximum absolute atomic E-state index is 13.2. The second-order valence-corrected chi connectivity index (χ2v) is 6.81. The molecule has 0 saturated heterocycles. The van der Waals surface area contributed by atoms with Gasteiger partial charge in [0.05, 0.1) is 4.90 Å². The van der Waals surface area contributed by atoms with Crippen LogP contribution >= 0.6 is 0 Å². The first-order valence-electron chi connectivity index (χ1n) is 6.73. The highest BCUT2D eigenvalue weighted by atomic mass is 32.2. The van der Waals surface area contributed by atoms with Gasteiger partial charge in [-0.25, -0.2) is 12.8 Å². The van der Waals surface area contributed by atoms with Gasteiger partial charge in [0.2, 0.25) is 0 Å². The van der Waals surface area contributed by atoms with E-state index in [2.05, 4.69) is 4.72 Å². The van der Waals surface area contributed by atoms with Gasteiger partial charge in [0.25, 0.3) is 10.0 Å². The molecule has 0 aliphatic rings. The van der Waals surface area contributed by atoms with Gasteiger partial charge in [-0.3, -0.25) is 4.72 Å². The SMILES string of the molecule is Cc1ccc(S(=O)(=O)Nc2ccc3cc(F)ccc3c2)cc1. The van der Waals surface area contributed by atoms with Crippen molar-refractivity contribution in [1.82, 2.24) is 0 Å². The molecule has 0 heterocycles. The second-order valence-electron chi connectivity index (χ2n) is 5.12. The zero-order valence-electron chi connectivity index (χ0n) is 11.9. The van der Waals surface area contributed by atoms with Crippen molar-refractivity contribution in [3.05, 3.63) is 72.0 Å². The Hall–Kier alpha value is -2.40. The number of benzene rings is 3. The number of aryl methyl sites for hydroxylation is 1. The van der Waals surface area contributed by atoms with Crippen molar-refractivity contribution in [2.75, 3.05) is 4.72 Å². The van der Waals surface area contributed by atoms with Crippen molar-refractivity contribution in [2.45, 2.75) is 11.8 Å². The zero-order valence-corrected chi connectivity index (χ0v) is 12.7. The van der Waals surface area contributed by atoms with Crippen LogP contribution in [0.2, 0.25) is 0 Å². The normalized spacial score (nSPS) is 11.5. The van der Waals surface area contributed by atoms with Crippen LogP contribution in [0.4, 0.5) is 10.1 Å². The quantitative estimate of drug-likeness (QED) is 0.791. The van der Waals surface area contributed by atoms with Crippen LogP contribution < -0.4 is 4.72 Å². The number of rotatable bonds is 3. The van der Waals surface area contributed by atoms with Crippen LogP contribution in [0.5, 0.6) is 0 Å². The topological polar surface area (TPSA) is 46.2 Å². The molecule has 0 saturated carbocycles. The highest BCUT2D eigenvalue weighted by Gasteiger charge is 2.13. The number of anilines is 1. The molecule has 5 heteroatoms. The summed E-state index contributed by atoms with van der Waals surface area (Å²) in [5, 5.41) is 1.49. The van der Waals surface area contributed by atoms with Crippen molar-refractivity contribution < 1.29 is 12.8 Å². The smallest absolute Gasteiger partial charge is 0.261 e. The third kappa shape index (κ3) is 2.94. The Bertz CT molecular complexity index is 935. The third-order valence-corrected chi connectivity index (χ3v) is 4.78. The minimum Gasteiger partial charge on any atom is -0.280 e. The fourth-order valence-electron chi connectivity index (χ4n) is 2.21. The summed E-state index contributed by atoms with van der Waals surface area (Å²) in [5.74, 6) is -0.319. The minimum atomic E-state index is -3.63. The van der Waals surface area contributed by atoms with E-state index in [0.717, 1.165) is 16.3 Å². The van der Waals surface area contributed by atoms with Crippen LogP contribution in [-0.4, -0.2) is 8.42 Å². The van der Waals surface area contributed by atoms with Gasteiger partial charge >= 0.3 is 0 Å². The van der Waals surface area contributed by atoms with E-state index >= 15 is 0 Å². The molecule has 0 aliphatic heterocycles. The lowest BCUT2D eigenvalue weighted by Crippen LogP contribution is -2.12. The summed E-state index contributed by atoms with van der Waals surface area (Å²) in [6.07, 6.45) is 0. The Morgan fingerprint density at radius 2 is 1.50 bits per heavy atom. The van der Waals surface area contributed by atoms with Gasteiger partial charge in [-0.05, 0) is 54.1 Å². The highest BCUT2D eigenvalue weighted by Crippen LogP contribution is 2.22. The average Bonchev–Trinajstić information content (AvgIpc) is 2.47. The van der Waals surface area contributed by atoms with Crippen LogP contribution in [0.25, 0.3) is 10.8 Å². The van der Waals surface area contributed by atoms with Gasteiger partial charge in [0.1, 0.15) is 5.82 Å². The lowest BCUT2D eigenvalue weighted by molar-refractivity contribution is 0.601. The molecular weight excluding hydrogens is 301 g/mol. The average molecular weight is 315 g/mol. The van der Waals surface area contributed by atoms with Crippen LogP contribution in [0, 0.1) is 12.7 Å². The van der Waals surface area contributed by atoms with Crippen molar-refractivity contribution in [2.24, 2.45) is 0 Å².